The van der Waals surface area contributed by atoms with Gasteiger partial charge >= 0.3 is 0 Å². The van der Waals surface area contributed by atoms with Gasteiger partial charge in [0.2, 0.25) is 5.91 Å². The molecule has 0 radical (unpaired) electrons. The molecule has 1 aliphatic rings. The zero-order chi connectivity index (χ0) is 24.7. The molecule has 2 aromatic heterocycles. The molecule has 1 aliphatic heterocycles. The third-order valence-electron chi connectivity index (χ3n) is 6.96. The van der Waals surface area contributed by atoms with Crippen molar-refractivity contribution in [3.8, 4) is 11.1 Å². The van der Waals surface area contributed by atoms with Crippen LogP contribution in [0.5, 0.6) is 0 Å². The minimum Gasteiger partial charge on any atom is -0.369 e. The Bertz CT molecular complexity index is 1480. The fraction of sp³-hybridized carbons (Fsp3) is 0.308. The lowest BCUT2D eigenvalue weighted by Gasteiger charge is -2.30. The molecule has 8 nitrogen and oxygen atoms in total. The van der Waals surface area contributed by atoms with Crippen molar-refractivity contribution in [1.82, 2.24) is 18.8 Å². The van der Waals surface area contributed by atoms with E-state index < -0.39 is 10.0 Å². The number of imidazole rings is 1. The SMILES string of the molecule is Cc1nc(S(=O)(=O)N2CCC(c3c[nH]c4c(CC(N)=O)cc(-c5ccccc5)cc34)CC2)cn1C. The number of amides is 1. The van der Waals surface area contributed by atoms with Crippen LogP contribution in [-0.4, -0.2) is 46.3 Å². The first-order valence-corrected chi connectivity index (χ1v) is 13.2. The van der Waals surface area contributed by atoms with Crippen LogP contribution < -0.4 is 5.73 Å². The van der Waals surface area contributed by atoms with E-state index >= 15 is 0 Å². The van der Waals surface area contributed by atoms with Gasteiger partial charge in [0.1, 0.15) is 5.82 Å². The van der Waals surface area contributed by atoms with E-state index in [1.807, 2.05) is 42.6 Å². The predicted octanol–water partition coefficient (Wildman–Crippen LogP) is 3.47. The molecule has 9 heteroatoms. The maximum absolute atomic E-state index is 13.1. The maximum atomic E-state index is 13.1. The number of nitrogens with one attached hydrogen (secondary N) is 1. The highest BCUT2D eigenvalue weighted by Gasteiger charge is 2.32. The van der Waals surface area contributed by atoms with E-state index in [1.54, 1.807) is 24.7 Å². The average Bonchev–Trinajstić information content (AvgIpc) is 3.43. The molecule has 2 aromatic carbocycles. The summed E-state index contributed by atoms with van der Waals surface area (Å²) in [7, 11) is -1.83. The van der Waals surface area contributed by atoms with Crippen molar-refractivity contribution in [2.75, 3.05) is 13.1 Å². The number of hydrogen-bond donors (Lipinski definition) is 2. The fourth-order valence-electron chi connectivity index (χ4n) is 4.98. The molecule has 0 spiro atoms. The van der Waals surface area contributed by atoms with Gasteiger partial charge in [-0.1, -0.05) is 30.3 Å². The molecule has 1 saturated heterocycles. The third kappa shape index (κ3) is 4.37. The summed E-state index contributed by atoms with van der Waals surface area (Å²) in [5.74, 6) is 0.488. The molecule has 3 heterocycles. The van der Waals surface area contributed by atoms with Gasteiger partial charge in [-0.2, -0.15) is 4.31 Å². The van der Waals surface area contributed by atoms with Crippen LogP contribution in [-0.2, 0) is 28.3 Å². The Labute approximate surface area is 204 Å². The van der Waals surface area contributed by atoms with Crippen LogP contribution in [0.25, 0.3) is 22.0 Å². The molecule has 4 aromatic rings. The Kier molecular flexibility index (Phi) is 5.98. The summed E-state index contributed by atoms with van der Waals surface area (Å²) in [6, 6.07) is 14.2. The number of aryl methyl sites for hydroxylation is 2. The Hall–Kier alpha value is -3.43. The van der Waals surface area contributed by atoms with Gasteiger partial charge in [0.05, 0.1) is 6.42 Å². The van der Waals surface area contributed by atoms with Crippen LogP contribution >= 0.6 is 0 Å². The molecule has 0 atom stereocenters. The van der Waals surface area contributed by atoms with Gasteiger partial charge in [-0.3, -0.25) is 4.79 Å². The number of rotatable bonds is 6. The zero-order valence-electron chi connectivity index (χ0n) is 19.9. The number of nitrogens with zero attached hydrogens (tertiary/aromatic N) is 3. The number of benzene rings is 2. The number of aromatic nitrogens is 3. The van der Waals surface area contributed by atoms with E-state index in [9.17, 15) is 13.2 Å². The first-order valence-electron chi connectivity index (χ1n) is 11.7. The Morgan fingerprint density at radius 2 is 1.86 bits per heavy atom. The highest BCUT2D eigenvalue weighted by molar-refractivity contribution is 7.89. The molecule has 5 rings (SSSR count). The largest absolute Gasteiger partial charge is 0.369 e. The number of carbonyl (C=O) groups excluding carboxylic acids is 1. The topological polar surface area (TPSA) is 114 Å². The van der Waals surface area contributed by atoms with Gasteiger partial charge in [-0.05, 0) is 60.1 Å². The predicted molar refractivity (Wildman–Crippen MR) is 135 cm³/mol. The monoisotopic (exact) mass is 491 g/mol. The summed E-state index contributed by atoms with van der Waals surface area (Å²) < 4.78 is 29.5. The van der Waals surface area contributed by atoms with Gasteiger partial charge in [-0.15, -0.1) is 0 Å². The molecule has 0 aliphatic carbocycles. The van der Waals surface area contributed by atoms with E-state index in [4.69, 9.17) is 5.73 Å². The first-order chi connectivity index (χ1) is 16.7. The average molecular weight is 492 g/mol. The molecule has 0 unspecified atom stereocenters. The van der Waals surface area contributed by atoms with Crippen LogP contribution in [0.15, 0.2) is 59.9 Å². The van der Waals surface area contributed by atoms with E-state index in [-0.39, 0.29) is 23.3 Å². The van der Waals surface area contributed by atoms with E-state index in [1.165, 1.54) is 4.31 Å². The second-order valence-corrected chi connectivity index (χ2v) is 11.1. The number of piperidine rings is 1. The fourth-order valence-corrected chi connectivity index (χ4v) is 6.48. The summed E-state index contributed by atoms with van der Waals surface area (Å²) in [5, 5.41) is 1.16. The smallest absolute Gasteiger partial charge is 0.262 e. The minimum atomic E-state index is -3.62. The number of nitrogens with two attached hydrogens (primary N) is 1. The summed E-state index contributed by atoms with van der Waals surface area (Å²) in [4.78, 5) is 19.4. The third-order valence-corrected chi connectivity index (χ3v) is 8.73. The lowest BCUT2D eigenvalue weighted by atomic mass is 9.88. The van der Waals surface area contributed by atoms with Gasteiger partial charge in [0, 0.05) is 43.4 Å². The Balaban J connectivity index is 1.45. The normalized spacial score (nSPS) is 15.6. The molecule has 1 fully saturated rings. The van der Waals surface area contributed by atoms with Gasteiger partial charge < -0.3 is 15.3 Å². The molecule has 3 N–H and O–H groups in total. The number of H-pyrrole nitrogens is 1. The first kappa shape index (κ1) is 23.3. The van der Waals surface area contributed by atoms with Crippen LogP contribution in [0.1, 0.15) is 35.7 Å². The molecular weight excluding hydrogens is 462 g/mol. The second-order valence-electron chi connectivity index (χ2n) is 9.23. The second kappa shape index (κ2) is 8.98. The van der Waals surface area contributed by atoms with E-state index in [0.717, 1.165) is 33.2 Å². The molecular formula is C26H29N5O3S. The van der Waals surface area contributed by atoms with E-state index in [2.05, 4.69) is 16.0 Å². The van der Waals surface area contributed by atoms with Crippen LogP contribution in [0.2, 0.25) is 0 Å². The van der Waals surface area contributed by atoms with Gasteiger partial charge in [0.15, 0.2) is 5.03 Å². The molecule has 0 bridgehead atoms. The maximum Gasteiger partial charge on any atom is 0.262 e. The number of fused-ring (bicyclic) bond motifs is 1. The number of hydrogen-bond acceptors (Lipinski definition) is 4. The molecule has 35 heavy (non-hydrogen) atoms. The van der Waals surface area contributed by atoms with E-state index in [0.29, 0.717) is 31.8 Å². The van der Waals surface area contributed by atoms with Crippen LogP contribution in [0.4, 0.5) is 0 Å². The van der Waals surface area contributed by atoms with Crippen molar-refractivity contribution in [3.05, 3.63) is 71.8 Å². The number of primary amides is 1. The standard InChI is InChI=1S/C26H29N5O3S/c1-17-29-25(16-30(17)2)35(33,34)31-10-8-19(9-11-31)23-15-28-26-21(14-24(27)32)12-20(13-22(23)26)18-6-4-3-5-7-18/h3-7,12-13,15-16,19,28H,8-11,14H2,1-2H3,(H2,27,32). The molecule has 1 amide bonds. The van der Waals surface area contributed by atoms with Crippen molar-refractivity contribution >= 4 is 26.8 Å². The Morgan fingerprint density at radius 3 is 2.49 bits per heavy atom. The van der Waals surface area contributed by atoms with Crippen molar-refractivity contribution in [1.29, 1.82) is 0 Å². The summed E-state index contributed by atoms with van der Waals surface area (Å²) in [5.41, 5.74) is 10.6. The van der Waals surface area contributed by atoms with Gasteiger partial charge in [-0.25, -0.2) is 13.4 Å². The van der Waals surface area contributed by atoms with Gasteiger partial charge in [0.25, 0.3) is 10.0 Å². The highest BCUT2D eigenvalue weighted by Crippen LogP contribution is 2.37. The van der Waals surface area contributed by atoms with Crippen LogP contribution in [0, 0.1) is 6.92 Å². The van der Waals surface area contributed by atoms with Crippen molar-refractivity contribution in [2.45, 2.75) is 37.1 Å². The summed E-state index contributed by atoms with van der Waals surface area (Å²) >= 11 is 0. The quantitative estimate of drug-likeness (QED) is 0.430. The lowest BCUT2D eigenvalue weighted by molar-refractivity contribution is -0.117. The van der Waals surface area contributed by atoms with Crippen molar-refractivity contribution in [3.63, 3.8) is 0 Å². The highest BCUT2D eigenvalue weighted by atomic mass is 32.2. The summed E-state index contributed by atoms with van der Waals surface area (Å²) in [6.07, 6.45) is 5.14. The Morgan fingerprint density at radius 1 is 1.14 bits per heavy atom. The molecule has 0 saturated carbocycles. The minimum absolute atomic E-state index is 0.103. The summed E-state index contributed by atoms with van der Waals surface area (Å²) in [6.45, 7) is 2.65. The number of aromatic amines is 1. The number of carbonyl (C=O) groups is 1. The number of sulfonamides is 1. The zero-order valence-corrected chi connectivity index (χ0v) is 20.7. The van der Waals surface area contributed by atoms with Crippen molar-refractivity contribution in [2.24, 2.45) is 12.8 Å². The van der Waals surface area contributed by atoms with Crippen molar-refractivity contribution < 1.29 is 13.2 Å². The lowest BCUT2D eigenvalue weighted by Crippen LogP contribution is -2.38. The van der Waals surface area contributed by atoms with Crippen LogP contribution in [0.3, 0.4) is 0 Å². The molecule has 182 valence electrons.